The van der Waals surface area contributed by atoms with Crippen molar-refractivity contribution in [3.8, 4) is 0 Å². The molecule has 0 aromatic carbocycles. The van der Waals surface area contributed by atoms with Crippen molar-refractivity contribution in [3.05, 3.63) is 0 Å². The maximum atomic E-state index is 5.37. The summed E-state index contributed by atoms with van der Waals surface area (Å²) in [5.74, 6) is 2.44. The summed E-state index contributed by atoms with van der Waals surface area (Å²) in [7, 11) is -0.769. The van der Waals surface area contributed by atoms with E-state index in [1.54, 1.807) is 0 Å². The third kappa shape index (κ3) is 8.53. The molecule has 0 rings (SSSR count). The maximum Gasteiger partial charge on any atom is 0.0450 e. The van der Waals surface area contributed by atoms with Crippen LogP contribution in [0.3, 0.4) is 0 Å². The van der Waals surface area contributed by atoms with Gasteiger partial charge in [-0.25, -0.2) is 0 Å². The van der Waals surface area contributed by atoms with E-state index in [9.17, 15) is 0 Å². The Labute approximate surface area is 69.8 Å². The summed E-state index contributed by atoms with van der Waals surface area (Å²) < 4.78 is 0. The number of hydrogen-bond donors (Lipinski definition) is 1. The second-order valence-electron chi connectivity index (χ2n) is 3.71. The van der Waals surface area contributed by atoms with Crippen LogP contribution in [0.4, 0.5) is 0 Å². The van der Waals surface area contributed by atoms with Crippen LogP contribution in [0.1, 0.15) is 0 Å². The van der Waals surface area contributed by atoms with Crippen molar-refractivity contribution < 1.29 is 0 Å². The van der Waals surface area contributed by atoms with Gasteiger partial charge < -0.3 is 5.73 Å². The molecule has 0 heterocycles. The van der Waals surface area contributed by atoms with Crippen LogP contribution in [0.2, 0.25) is 25.7 Å². The summed E-state index contributed by atoms with van der Waals surface area (Å²) in [6, 6.07) is 1.43. The number of thioether (sulfide) groups is 1. The van der Waals surface area contributed by atoms with Gasteiger partial charge in [-0.2, -0.15) is 11.8 Å². The van der Waals surface area contributed by atoms with Crippen molar-refractivity contribution >= 4 is 19.8 Å². The highest BCUT2D eigenvalue weighted by molar-refractivity contribution is 7.99. The molecule has 0 aromatic rings. The van der Waals surface area contributed by atoms with Crippen LogP contribution < -0.4 is 5.73 Å². The van der Waals surface area contributed by atoms with E-state index in [1.807, 2.05) is 11.8 Å². The SMILES string of the molecule is C[Si](C)(C)CCSCCN. The van der Waals surface area contributed by atoms with Crippen LogP contribution in [0.5, 0.6) is 0 Å². The Morgan fingerprint density at radius 3 is 2.20 bits per heavy atom. The van der Waals surface area contributed by atoms with Crippen molar-refractivity contribution in [2.45, 2.75) is 25.7 Å². The highest BCUT2D eigenvalue weighted by atomic mass is 32.2. The number of nitrogens with two attached hydrogens (primary N) is 1. The molecular weight excluding hydrogens is 158 g/mol. The third-order valence-electron chi connectivity index (χ3n) is 1.26. The topological polar surface area (TPSA) is 26.0 Å². The summed E-state index contributed by atoms with van der Waals surface area (Å²) in [5, 5.41) is 0. The monoisotopic (exact) mass is 177 g/mol. The first-order chi connectivity index (χ1) is 4.56. The number of hydrogen-bond acceptors (Lipinski definition) is 2. The van der Waals surface area contributed by atoms with Crippen molar-refractivity contribution in [3.63, 3.8) is 0 Å². The molecule has 0 saturated heterocycles. The van der Waals surface area contributed by atoms with Gasteiger partial charge in [0.1, 0.15) is 0 Å². The second-order valence-corrected chi connectivity index (χ2v) is 10.6. The third-order valence-corrected chi connectivity index (χ3v) is 4.39. The zero-order chi connectivity index (χ0) is 8.04. The van der Waals surface area contributed by atoms with E-state index in [0.29, 0.717) is 0 Å². The van der Waals surface area contributed by atoms with Crippen LogP contribution in [0, 0.1) is 0 Å². The second kappa shape index (κ2) is 5.21. The largest absolute Gasteiger partial charge is 0.330 e. The van der Waals surface area contributed by atoms with Crippen LogP contribution >= 0.6 is 11.8 Å². The van der Waals surface area contributed by atoms with E-state index in [2.05, 4.69) is 19.6 Å². The normalized spacial score (nSPS) is 12.0. The van der Waals surface area contributed by atoms with Crippen molar-refractivity contribution in [1.82, 2.24) is 0 Å². The fraction of sp³-hybridized carbons (Fsp3) is 1.00. The fourth-order valence-electron chi connectivity index (χ4n) is 0.564. The molecule has 0 amide bonds. The first-order valence-corrected chi connectivity index (χ1v) is 8.70. The van der Waals surface area contributed by atoms with Gasteiger partial charge in [0.25, 0.3) is 0 Å². The minimum Gasteiger partial charge on any atom is -0.330 e. The smallest absolute Gasteiger partial charge is 0.0450 e. The lowest BCUT2D eigenvalue weighted by Crippen LogP contribution is -2.20. The fourth-order valence-corrected chi connectivity index (χ4v) is 3.96. The first-order valence-electron chi connectivity index (χ1n) is 3.84. The highest BCUT2D eigenvalue weighted by Gasteiger charge is 2.11. The Balaban J connectivity index is 3.04. The molecule has 0 radical (unpaired) electrons. The molecule has 0 atom stereocenters. The van der Waals surface area contributed by atoms with E-state index in [0.717, 1.165) is 12.3 Å². The van der Waals surface area contributed by atoms with Gasteiger partial charge in [0.2, 0.25) is 0 Å². The van der Waals surface area contributed by atoms with E-state index in [-0.39, 0.29) is 0 Å². The van der Waals surface area contributed by atoms with Crippen LogP contribution in [0.25, 0.3) is 0 Å². The minimum absolute atomic E-state index is 0.769. The Hall–Kier alpha value is 0.527. The molecule has 2 N–H and O–H groups in total. The maximum absolute atomic E-state index is 5.37. The zero-order valence-corrected chi connectivity index (χ0v) is 9.13. The average Bonchev–Trinajstić information content (AvgIpc) is 1.78. The van der Waals surface area contributed by atoms with Gasteiger partial charge in [0.15, 0.2) is 0 Å². The quantitative estimate of drug-likeness (QED) is 0.513. The minimum atomic E-state index is -0.769. The summed E-state index contributed by atoms with van der Waals surface area (Å²) in [5.41, 5.74) is 5.37. The van der Waals surface area contributed by atoms with Crippen LogP contribution in [-0.2, 0) is 0 Å². The van der Waals surface area contributed by atoms with Gasteiger partial charge in [0.05, 0.1) is 0 Å². The zero-order valence-electron chi connectivity index (χ0n) is 7.31. The van der Waals surface area contributed by atoms with Gasteiger partial charge >= 0.3 is 0 Å². The molecule has 3 heteroatoms. The molecule has 0 aliphatic heterocycles. The van der Waals surface area contributed by atoms with Gasteiger partial charge in [-0.1, -0.05) is 19.6 Å². The predicted octanol–water partition coefficient (Wildman–Crippen LogP) is 2.02. The van der Waals surface area contributed by atoms with Gasteiger partial charge in [-0.3, -0.25) is 0 Å². The van der Waals surface area contributed by atoms with Gasteiger partial charge in [-0.05, 0) is 11.8 Å². The Bertz CT molecular complexity index is 80.2. The highest BCUT2D eigenvalue weighted by Crippen LogP contribution is 2.12. The standard InChI is InChI=1S/C7H19NSSi/c1-10(2,3)7-6-9-5-4-8/h4-8H2,1-3H3. The van der Waals surface area contributed by atoms with Crippen LogP contribution in [-0.4, -0.2) is 26.1 Å². The van der Waals surface area contributed by atoms with E-state index in [4.69, 9.17) is 5.73 Å². The van der Waals surface area contributed by atoms with Gasteiger partial charge in [-0.15, -0.1) is 0 Å². The molecule has 62 valence electrons. The summed E-state index contributed by atoms with van der Waals surface area (Å²) in [6.45, 7) is 8.07. The molecule has 0 aromatic heterocycles. The molecule has 1 nitrogen and oxygen atoms in total. The van der Waals surface area contributed by atoms with E-state index in [1.165, 1.54) is 11.8 Å². The van der Waals surface area contributed by atoms with E-state index >= 15 is 0 Å². The lowest BCUT2D eigenvalue weighted by atomic mass is 10.8. The Morgan fingerprint density at radius 2 is 1.80 bits per heavy atom. The number of rotatable bonds is 5. The Kier molecular flexibility index (Phi) is 5.49. The van der Waals surface area contributed by atoms with E-state index < -0.39 is 8.07 Å². The molecule has 0 spiro atoms. The summed E-state index contributed by atoms with van der Waals surface area (Å²) in [4.78, 5) is 0. The lowest BCUT2D eigenvalue weighted by Gasteiger charge is -2.14. The van der Waals surface area contributed by atoms with Crippen LogP contribution in [0.15, 0.2) is 0 Å². The molecular formula is C7H19NSSi. The predicted molar refractivity (Wildman–Crippen MR) is 54.5 cm³/mol. The van der Waals surface area contributed by atoms with Crippen molar-refractivity contribution in [2.75, 3.05) is 18.1 Å². The lowest BCUT2D eigenvalue weighted by molar-refractivity contribution is 1.15. The van der Waals surface area contributed by atoms with Gasteiger partial charge in [0, 0.05) is 20.4 Å². The molecule has 0 aliphatic carbocycles. The average molecular weight is 177 g/mol. The summed E-state index contributed by atoms with van der Waals surface area (Å²) in [6.07, 6.45) is 0. The Morgan fingerprint density at radius 1 is 1.20 bits per heavy atom. The molecule has 0 unspecified atom stereocenters. The summed E-state index contributed by atoms with van der Waals surface area (Å²) >= 11 is 1.99. The molecule has 10 heavy (non-hydrogen) atoms. The first kappa shape index (κ1) is 10.5. The van der Waals surface area contributed by atoms with Crippen molar-refractivity contribution in [1.29, 1.82) is 0 Å². The molecule has 0 aliphatic rings. The van der Waals surface area contributed by atoms with Crippen molar-refractivity contribution in [2.24, 2.45) is 5.73 Å². The molecule has 0 bridgehead atoms. The molecule has 0 saturated carbocycles. The molecule has 0 fully saturated rings.